The summed E-state index contributed by atoms with van der Waals surface area (Å²) in [4.78, 5) is 17.0. The van der Waals surface area contributed by atoms with Gasteiger partial charge in [-0.05, 0) is 19.4 Å². The van der Waals surface area contributed by atoms with Crippen LogP contribution in [0.3, 0.4) is 0 Å². The van der Waals surface area contributed by atoms with Gasteiger partial charge in [0.25, 0.3) is 0 Å². The first-order chi connectivity index (χ1) is 7.16. The molecule has 1 aliphatic rings. The van der Waals surface area contributed by atoms with E-state index in [1.54, 1.807) is 6.92 Å². The van der Waals surface area contributed by atoms with E-state index in [-0.39, 0.29) is 18.5 Å². The molecular weight excluding hydrogens is 196 g/mol. The molecule has 0 saturated carbocycles. The van der Waals surface area contributed by atoms with E-state index >= 15 is 0 Å². The van der Waals surface area contributed by atoms with Gasteiger partial charge >= 0.3 is 0 Å². The molecule has 15 heavy (non-hydrogen) atoms. The summed E-state index contributed by atoms with van der Waals surface area (Å²) in [5.74, 6) is 0.893. The van der Waals surface area contributed by atoms with Crippen molar-refractivity contribution in [1.82, 2.24) is 15.0 Å². The van der Waals surface area contributed by atoms with Crippen LogP contribution in [0.4, 0.5) is 0 Å². The van der Waals surface area contributed by atoms with Gasteiger partial charge in [-0.3, -0.25) is 9.69 Å². The lowest BCUT2D eigenvalue weighted by molar-refractivity contribution is -0.119. The van der Waals surface area contributed by atoms with Gasteiger partial charge in [-0.1, -0.05) is 5.16 Å². The van der Waals surface area contributed by atoms with Crippen molar-refractivity contribution in [2.24, 2.45) is 5.73 Å². The number of amides is 1. The Balaban J connectivity index is 2.10. The van der Waals surface area contributed by atoms with Crippen LogP contribution < -0.4 is 5.73 Å². The number of carbonyl (C=O) groups excluding carboxylic acids is 1. The fourth-order valence-corrected chi connectivity index (χ4v) is 1.96. The van der Waals surface area contributed by atoms with Crippen LogP contribution in [-0.2, 0) is 4.79 Å². The third-order valence-corrected chi connectivity index (χ3v) is 2.56. The minimum atomic E-state index is -0.317. The Kier molecular flexibility index (Phi) is 2.68. The summed E-state index contributed by atoms with van der Waals surface area (Å²) in [5, 5.41) is 3.88. The van der Waals surface area contributed by atoms with Crippen LogP contribution >= 0.6 is 0 Å². The van der Waals surface area contributed by atoms with Crippen molar-refractivity contribution in [3.05, 3.63) is 11.7 Å². The monoisotopic (exact) mass is 210 g/mol. The van der Waals surface area contributed by atoms with E-state index in [1.807, 2.05) is 4.90 Å². The predicted octanol–water partition coefficient (Wildman–Crippen LogP) is 0.000220. The summed E-state index contributed by atoms with van der Waals surface area (Å²) in [6.07, 6.45) is 1.98. The number of nitrogens with zero attached hydrogens (tertiary/aromatic N) is 3. The van der Waals surface area contributed by atoms with Crippen molar-refractivity contribution >= 4 is 5.91 Å². The molecule has 1 aromatic rings. The minimum absolute atomic E-state index is 0.0787. The molecule has 1 amide bonds. The molecule has 0 unspecified atom stereocenters. The van der Waals surface area contributed by atoms with Crippen molar-refractivity contribution in [3.63, 3.8) is 0 Å². The fourth-order valence-electron chi connectivity index (χ4n) is 1.96. The average molecular weight is 210 g/mol. The first kappa shape index (κ1) is 10.1. The summed E-state index contributed by atoms with van der Waals surface area (Å²) in [5.41, 5.74) is 5.17. The zero-order valence-corrected chi connectivity index (χ0v) is 8.64. The highest BCUT2D eigenvalue weighted by Crippen LogP contribution is 2.29. The Labute approximate surface area is 87.4 Å². The Hall–Kier alpha value is -1.43. The van der Waals surface area contributed by atoms with E-state index in [4.69, 9.17) is 10.3 Å². The summed E-state index contributed by atoms with van der Waals surface area (Å²) in [7, 11) is 0. The van der Waals surface area contributed by atoms with E-state index < -0.39 is 0 Å². The molecule has 0 bridgehead atoms. The van der Waals surface area contributed by atoms with Crippen molar-refractivity contribution in [2.75, 3.05) is 13.1 Å². The van der Waals surface area contributed by atoms with Crippen molar-refractivity contribution in [3.8, 4) is 0 Å². The quantitative estimate of drug-likeness (QED) is 0.759. The molecule has 2 N–H and O–H groups in total. The average Bonchev–Trinajstić information content (AvgIpc) is 2.72. The van der Waals surface area contributed by atoms with Crippen LogP contribution in [0, 0.1) is 6.92 Å². The van der Waals surface area contributed by atoms with E-state index in [2.05, 4.69) is 10.1 Å². The lowest BCUT2D eigenvalue weighted by Crippen LogP contribution is -2.33. The highest BCUT2D eigenvalue weighted by atomic mass is 16.5. The number of primary amides is 1. The second-order valence-corrected chi connectivity index (χ2v) is 3.77. The summed E-state index contributed by atoms with van der Waals surface area (Å²) in [6, 6.07) is 0.0787. The Bertz CT molecular complexity index is 363. The third-order valence-electron chi connectivity index (χ3n) is 2.56. The molecule has 0 aliphatic carbocycles. The van der Waals surface area contributed by atoms with Gasteiger partial charge < -0.3 is 10.3 Å². The molecule has 1 aromatic heterocycles. The van der Waals surface area contributed by atoms with E-state index in [1.165, 1.54) is 0 Å². The number of rotatable bonds is 3. The number of nitrogens with two attached hydrogens (primary N) is 1. The van der Waals surface area contributed by atoms with Gasteiger partial charge in [0.1, 0.15) is 0 Å². The van der Waals surface area contributed by atoms with Crippen LogP contribution in [-0.4, -0.2) is 34.0 Å². The van der Waals surface area contributed by atoms with Crippen molar-refractivity contribution in [2.45, 2.75) is 25.8 Å². The summed E-state index contributed by atoms with van der Waals surface area (Å²) in [6.45, 7) is 2.88. The highest BCUT2D eigenvalue weighted by Gasteiger charge is 2.30. The predicted molar refractivity (Wildman–Crippen MR) is 51.8 cm³/mol. The lowest BCUT2D eigenvalue weighted by Gasteiger charge is -2.19. The van der Waals surface area contributed by atoms with Gasteiger partial charge in [0.05, 0.1) is 12.6 Å². The number of hydrogen-bond donors (Lipinski definition) is 1. The molecule has 6 heteroatoms. The Morgan fingerprint density at radius 1 is 1.73 bits per heavy atom. The molecule has 1 atom stereocenters. The SMILES string of the molecule is Cc1nc([C@@H]2CCCN2CC(N)=O)no1. The van der Waals surface area contributed by atoms with Gasteiger partial charge in [0.2, 0.25) is 11.8 Å². The Morgan fingerprint density at radius 2 is 2.53 bits per heavy atom. The zero-order chi connectivity index (χ0) is 10.8. The maximum absolute atomic E-state index is 10.9. The second-order valence-electron chi connectivity index (χ2n) is 3.77. The van der Waals surface area contributed by atoms with Crippen molar-refractivity contribution < 1.29 is 9.32 Å². The van der Waals surface area contributed by atoms with Crippen LogP contribution in [0.2, 0.25) is 0 Å². The van der Waals surface area contributed by atoms with Gasteiger partial charge in [0.15, 0.2) is 5.82 Å². The minimum Gasteiger partial charge on any atom is -0.369 e. The zero-order valence-electron chi connectivity index (χ0n) is 8.64. The van der Waals surface area contributed by atoms with Crippen LogP contribution in [0.1, 0.15) is 30.6 Å². The molecule has 0 spiro atoms. The third kappa shape index (κ3) is 2.15. The number of likely N-dealkylation sites (tertiary alicyclic amines) is 1. The largest absolute Gasteiger partial charge is 0.369 e. The van der Waals surface area contributed by atoms with E-state index in [9.17, 15) is 4.79 Å². The summed E-state index contributed by atoms with van der Waals surface area (Å²) >= 11 is 0. The summed E-state index contributed by atoms with van der Waals surface area (Å²) < 4.78 is 4.93. The number of aryl methyl sites for hydroxylation is 1. The molecule has 1 fully saturated rings. The van der Waals surface area contributed by atoms with Crippen LogP contribution in [0.5, 0.6) is 0 Å². The Morgan fingerprint density at radius 3 is 3.13 bits per heavy atom. The molecule has 0 aromatic carbocycles. The molecule has 1 aliphatic heterocycles. The van der Waals surface area contributed by atoms with Gasteiger partial charge in [0, 0.05) is 6.92 Å². The number of aromatic nitrogens is 2. The number of hydrogen-bond acceptors (Lipinski definition) is 5. The van der Waals surface area contributed by atoms with Crippen molar-refractivity contribution in [1.29, 1.82) is 0 Å². The maximum Gasteiger partial charge on any atom is 0.231 e. The standard InChI is InChI=1S/C9H14N4O2/c1-6-11-9(12-15-6)7-3-2-4-13(7)5-8(10)14/h7H,2-5H2,1H3,(H2,10,14)/t7-/m0/s1. The van der Waals surface area contributed by atoms with Gasteiger partial charge in [-0.2, -0.15) is 4.98 Å². The maximum atomic E-state index is 10.9. The first-order valence-electron chi connectivity index (χ1n) is 4.99. The molecule has 2 heterocycles. The molecule has 0 radical (unpaired) electrons. The van der Waals surface area contributed by atoms with E-state index in [0.29, 0.717) is 11.7 Å². The molecule has 82 valence electrons. The van der Waals surface area contributed by atoms with Gasteiger partial charge in [-0.15, -0.1) is 0 Å². The number of carbonyl (C=O) groups is 1. The van der Waals surface area contributed by atoms with Crippen LogP contribution in [0.25, 0.3) is 0 Å². The smallest absolute Gasteiger partial charge is 0.231 e. The fraction of sp³-hybridized carbons (Fsp3) is 0.667. The molecular formula is C9H14N4O2. The van der Waals surface area contributed by atoms with E-state index in [0.717, 1.165) is 19.4 Å². The molecule has 1 saturated heterocycles. The lowest BCUT2D eigenvalue weighted by atomic mass is 10.2. The van der Waals surface area contributed by atoms with Gasteiger partial charge in [-0.25, -0.2) is 0 Å². The molecule has 6 nitrogen and oxygen atoms in total. The normalized spacial score (nSPS) is 22.1. The second kappa shape index (κ2) is 3.98. The topological polar surface area (TPSA) is 85.3 Å². The molecule has 2 rings (SSSR count). The highest BCUT2D eigenvalue weighted by molar-refractivity contribution is 5.76. The first-order valence-corrected chi connectivity index (χ1v) is 4.99. The van der Waals surface area contributed by atoms with Crippen LogP contribution in [0.15, 0.2) is 4.52 Å².